The zero-order chi connectivity index (χ0) is 14.4. The Bertz CT molecular complexity index is 562. The standard InChI is InChI=1S/C14H19N3OS2/c1-10(18)16-14-17-11(9-19-14)4-5-13-7-6-12(20-13)3-2-8-15/h6-7,9H,2-5,8,15H2,1H3,(H,16,17,18). The van der Waals surface area contributed by atoms with E-state index in [9.17, 15) is 4.79 Å². The second kappa shape index (κ2) is 7.52. The topological polar surface area (TPSA) is 68.0 Å². The maximum Gasteiger partial charge on any atom is 0.223 e. The van der Waals surface area contributed by atoms with Crippen LogP contribution in [0.25, 0.3) is 0 Å². The number of thiophene rings is 1. The summed E-state index contributed by atoms with van der Waals surface area (Å²) < 4.78 is 0. The molecule has 0 atom stereocenters. The summed E-state index contributed by atoms with van der Waals surface area (Å²) >= 11 is 3.34. The Hall–Kier alpha value is -1.24. The number of nitrogens with one attached hydrogen (secondary N) is 1. The van der Waals surface area contributed by atoms with Crippen LogP contribution in [0.2, 0.25) is 0 Å². The highest BCUT2D eigenvalue weighted by Gasteiger charge is 2.05. The number of hydrogen-bond donors (Lipinski definition) is 2. The molecule has 0 aliphatic carbocycles. The Labute approximate surface area is 127 Å². The van der Waals surface area contributed by atoms with Crippen molar-refractivity contribution in [3.05, 3.63) is 33.0 Å². The largest absolute Gasteiger partial charge is 0.330 e. The molecule has 0 spiro atoms. The van der Waals surface area contributed by atoms with Crippen LogP contribution in [0.5, 0.6) is 0 Å². The Morgan fingerprint density at radius 1 is 1.30 bits per heavy atom. The van der Waals surface area contributed by atoms with Gasteiger partial charge in [-0.1, -0.05) is 0 Å². The summed E-state index contributed by atoms with van der Waals surface area (Å²) in [6, 6.07) is 4.39. The van der Waals surface area contributed by atoms with Gasteiger partial charge in [0.05, 0.1) is 5.69 Å². The van der Waals surface area contributed by atoms with E-state index in [1.54, 1.807) is 0 Å². The van der Waals surface area contributed by atoms with E-state index in [4.69, 9.17) is 5.73 Å². The second-order valence-electron chi connectivity index (χ2n) is 4.59. The number of nitrogens with two attached hydrogens (primary N) is 1. The number of amides is 1. The van der Waals surface area contributed by atoms with Crippen molar-refractivity contribution in [2.75, 3.05) is 11.9 Å². The summed E-state index contributed by atoms with van der Waals surface area (Å²) in [5.41, 5.74) is 6.56. The van der Waals surface area contributed by atoms with Gasteiger partial charge in [-0.3, -0.25) is 4.79 Å². The van der Waals surface area contributed by atoms with Crippen LogP contribution in [0.15, 0.2) is 17.5 Å². The predicted molar refractivity (Wildman–Crippen MR) is 85.5 cm³/mol. The molecule has 2 aromatic heterocycles. The van der Waals surface area contributed by atoms with Crippen molar-refractivity contribution in [1.82, 2.24) is 4.98 Å². The van der Waals surface area contributed by atoms with E-state index in [2.05, 4.69) is 22.4 Å². The molecule has 2 aromatic rings. The van der Waals surface area contributed by atoms with E-state index in [0.717, 1.165) is 37.9 Å². The minimum Gasteiger partial charge on any atom is -0.330 e. The molecule has 3 N–H and O–H groups in total. The van der Waals surface area contributed by atoms with Crippen LogP contribution >= 0.6 is 22.7 Å². The van der Waals surface area contributed by atoms with Crippen LogP contribution in [-0.2, 0) is 24.1 Å². The molecular formula is C14H19N3OS2. The van der Waals surface area contributed by atoms with Crippen LogP contribution in [0.3, 0.4) is 0 Å². The lowest BCUT2D eigenvalue weighted by molar-refractivity contribution is -0.114. The van der Waals surface area contributed by atoms with Crippen molar-refractivity contribution in [3.63, 3.8) is 0 Å². The third-order valence-electron chi connectivity index (χ3n) is 2.81. The molecule has 0 aliphatic heterocycles. The molecule has 0 fully saturated rings. The summed E-state index contributed by atoms with van der Waals surface area (Å²) in [4.78, 5) is 18.1. The Morgan fingerprint density at radius 3 is 2.75 bits per heavy atom. The van der Waals surface area contributed by atoms with Crippen molar-refractivity contribution >= 4 is 33.7 Å². The molecule has 108 valence electrons. The Kier molecular flexibility index (Phi) is 5.70. The second-order valence-corrected chi connectivity index (χ2v) is 6.70. The van der Waals surface area contributed by atoms with Crippen LogP contribution in [0.4, 0.5) is 5.13 Å². The van der Waals surface area contributed by atoms with Crippen molar-refractivity contribution in [2.24, 2.45) is 5.73 Å². The van der Waals surface area contributed by atoms with Crippen LogP contribution in [0, 0.1) is 0 Å². The Balaban J connectivity index is 1.83. The molecule has 0 unspecified atom stereocenters. The van der Waals surface area contributed by atoms with Gasteiger partial charge in [0.15, 0.2) is 5.13 Å². The first-order chi connectivity index (χ1) is 9.67. The maximum atomic E-state index is 10.9. The lowest BCUT2D eigenvalue weighted by Crippen LogP contribution is -2.05. The van der Waals surface area contributed by atoms with E-state index in [0.29, 0.717) is 5.13 Å². The first-order valence-electron chi connectivity index (χ1n) is 6.67. The van der Waals surface area contributed by atoms with Crippen molar-refractivity contribution in [3.8, 4) is 0 Å². The minimum absolute atomic E-state index is 0.0753. The smallest absolute Gasteiger partial charge is 0.223 e. The highest BCUT2D eigenvalue weighted by Crippen LogP contribution is 2.21. The van der Waals surface area contributed by atoms with Crippen molar-refractivity contribution < 1.29 is 4.79 Å². The number of anilines is 1. The van der Waals surface area contributed by atoms with Crippen molar-refractivity contribution in [2.45, 2.75) is 32.6 Å². The highest BCUT2D eigenvalue weighted by molar-refractivity contribution is 7.14. The van der Waals surface area contributed by atoms with E-state index >= 15 is 0 Å². The molecule has 6 heteroatoms. The van der Waals surface area contributed by atoms with Crippen LogP contribution in [-0.4, -0.2) is 17.4 Å². The zero-order valence-corrected chi connectivity index (χ0v) is 13.1. The monoisotopic (exact) mass is 309 g/mol. The van der Waals surface area contributed by atoms with Gasteiger partial charge in [-0.05, 0) is 44.4 Å². The van der Waals surface area contributed by atoms with Gasteiger partial charge in [-0.2, -0.15) is 0 Å². The SMILES string of the molecule is CC(=O)Nc1nc(CCc2ccc(CCCN)s2)cs1. The molecule has 0 radical (unpaired) electrons. The van der Waals surface area contributed by atoms with Crippen LogP contribution in [0.1, 0.15) is 28.8 Å². The predicted octanol–water partition coefficient (Wildman–Crippen LogP) is 2.84. The average Bonchev–Trinajstić information content (AvgIpc) is 3.02. The quantitative estimate of drug-likeness (QED) is 0.826. The third-order valence-corrected chi connectivity index (χ3v) is 4.82. The molecule has 2 heterocycles. The zero-order valence-electron chi connectivity index (χ0n) is 11.5. The molecule has 0 aliphatic rings. The number of thiazole rings is 1. The summed E-state index contributed by atoms with van der Waals surface area (Å²) in [7, 11) is 0. The lowest BCUT2D eigenvalue weighted by Gasteiger charge is -1.96. The van der Waals surface area contributed by atoms with E-state index < -0.39 is 0 Å². The molecule has 0 aromatic carbocycles. The number of carbonyl (C=O) groups excluding carboxylic acids is 1. The third kappa shape index (κ3) is 4.70. The molecule has 0 saturated heterocycles. The molecule has 2 rings (SSSR count). The minimum atomic E-state index is -0.0753. The molecule has 0 bridgehead atoms. The van der Waals surface area contributed by atoms with Gasteiger partial charge in [-0.25, -0.2) is 4.98 Å². The van der Waals surface area contributed by atoms with Crippen molar-refractivity contribution in [1.29, 1.82) is 0 Å². The number of aromatic nitrogens is 1. The molecular weight excluding hydrogens is 290 g/mol. The summed E-state index contributed by atoms with van der Waals surface area (Å²) in [5.74, 6) is -0.0753. The van der Waals surface area contributed by atoms with Gasteiger partial charge < -0.3 is 11.1 Å². The van der Waals surface area contributed by atoms with E-state index in [-0.39, 0.29) is 5.91 Å². The normalized spacial score (nSPS) is 10.7. The lowest BCUT2D eigenvalue weighted by atomic mass is 10.2. The van der Waals surface area contributed by atoms with Gasteiger partial charge in [0.25, 0.3) is 0 Å². The highest BCUT2D eigenvalue weighted by atomic mass is 32.1. The first-order valence-corrected chi connectivity index (χ1v) is 8.36. The maximum absolute atomic E-state index is 10.9. The molecule has 0 saturated carbocycles. The van der Waals surface area contributed by atoms with E-state index in [1.165, 1.54) is 28.0 Å². The number of hydrogen-bond acceptors (Lipinski definition) is 5. The number of aryl methyl sites for hydroxylation is 3. The Morgan fingerprint density at radius 2 is 2.05 bits per heavy atom. The van der Waals surface area contributed by atoms with Gasteiger partial charge in [0, 0.05) is 22.1 Å². The molecule has 20 heavy (non-hydrogen) atoms. The van der Waals surface area contributed by atoms with Gasteiger partial charge in [0.1, 0.15) is 0 Å². The van der Waals surface area contributed by atoms with Gasteiger partial charge in [0.2, 0.25) is 5.91 Å². The number of nitrogens with zero attached hydrogens (tertiary/aromatic N) is 1. The van der Waals surface area contributed by atoms with Gasteiger partial charge in [-0.15, -0.1) is 22.7 Å². The fourth-order valence-corrected chi connectivity index (χ4v) is 3.70. The fraction of sp³-hybridized carbons (Fsp3) is 0.429. The summed E-state index contributed by atoms with van der Waals surface area (Å²) in [5, 5.41) is 5.40. The van der Waals surface area contributed by atoms with Crippen LogP contribution < -0.4 is 11.1 Å². The number of carbonyl (C=O) groups is 1. The fourth-order valence-electron chi connectivity index (χ4n) is 1.85. The number of rotatable bonds is 7. The average molecular weight is 309 g/mol. The first kappa shape index (κ1) is 15.2. The van der Waals surface area contributed by atoms with Gasteiger partial charge >= 0.3 is 0 Å². The molecule has 1 amide bonds. The molecule has 4 nitrogen and oxygen atoms in total. The van der Waals surface area contributed by atoms with E-state index in [1.807, 2.05) is 16.7 Å². The summed E-state index contributed by atoms with van der Waals surface area (Å²) in [6.07, 6.45) is 4.03. The summed E-state index contributed by atoms with van der Waals surface area (Å²) in [6.45, 7) is 2.24.